The molecule has 1 aromatic heterocycles. The molecule has 0 bridgehead atoms. The summed E-state index contributed by atoms with van der Waals surface area (Å²) in [5.74, 6) is 0. The van der Waals surface area contributed by atoms with E-state index in [0.717, 1.165) is 6.42 Å². The average Bonchev–Trinajstić information content (AvgIpc) is 1.90. The summed E-state index contributed by atoms with van der Waals surface area (Å²) in [4.78, 5) is 3.92. The molecule has 1 nitrogen and oxygen atoms in total. The third kappa shape index (κ3) is 2.36. The topological polar surface area (TPSA) is 12.9 Å². The molecule has 2 heteroatoms. The zero-order chi connectivity index (χ0) is 6.69. The first-order chi connectivity index (χ1) is 4.33. The molecular weight excluding hydrogens is 146 g/mol. The van der Waals surface area contributed by atoms with E-state index in [1.54, 1.807) is 12.3 Å². The summed E-state index contributed by atoms with van der Waals surface area (Å²) in [5.41, 5.74) is 1.22. The molecule has 0 saturated carbocycles. The number of hydrogen-bond acceptors (Lipinski definition) is 1. The summed E-state index contributed by atoms with van der Waals surface area (Å²) in [6.07, 6.45) is 2.81. The summed E-state index contributed by atoms with van der Waals surface area (Å²) in [6, 6.07) is 3.79. The first kappa shape index (κ1) is 9.44. The van der Waals surface area contributed by atoms with Crippen LogP contribution in [0.25, 0.3) is 0 Å². The molecule has 0 fully saturated rings. The summed E-state index contributed by atoms with van der Waals surface area (Å²) >= 11 is 5.56. The van der Waals surface area contributed by atoms with E-state index in [4.69, 9.17) is 11.6 Å². The molecule has 0 N–H and O–H groups in total. The normalized spacial score (nSPS) is 8.60. The van der Waals surface area contributed by atoms with Crippen LogP contribution in [0.5, 0.6) is 0 Å². The van der Waals surface area contributed by atoms with E-state index in [2.05, 4.69) is 11.9 Å². The van der Waals surface area contributed by atoms with Crippen LogP contribution in [-0.2, 0) is 6.42 Å². The molecule has 1 heterocycles. The van der Waals surface area contributed by atoms with Gasteiger partial charge in [-0.05, 0) is 18.1 Å². The number of pyridine rings is 1. The molecule has 0 aliphatic heterocycles. The van der Waals surface area contributed by atoms with Crippen molar-refractivity contribution in [2.24, 2.45) is 0 Å². The second-order valence-electron chi connectivity index (χ2n) is 1.84. The second kappa shape index (κ2) is 4.29. The molecule has 0 spiro atoms. The Morgan fingerprint density at radius 2 is 2.20 bits per heavy atom. The molecule has 0 aliphatic carbocycles. The Hall–Kier alpha value is -0.560. The fourth-order valence-corrected chi connectivity index (χ4v) is 0.727. The van der Waals surface area contributed by atoms with Gasteiger partial charge in [0.2, 0.25) is 0 Å². The first-order valence-electron chi connectivity index (χ1n) is 2.93. The lowest BCUT2D eigenvalue weighted by Crippen LogP contribution is -1.80. The van der Waals surface area contributed by atoms with Crippen molar-refractivity contribution >= 4 is 11.6 Å². The summed E-state index contributed by atoms with van der Waals surface area (Å²) in [5, 5.41) is 0.562. The Morgan fingerprint density at radius 1 is 1.50 bits per heavy atom. The smallest absolute Gasteiger partial charge is 0.129 e. The molecule has 10 heavy (non-hydrogen) atoms. The van der Waals surface area contributed by atoms with Crippen LogP contribution in [-0.4, -0.2) is 4.98 Å². The van der Waals surface area contributed by atoms with E-state index >= 15 is 0 Å². The molecule has 1 rings (SSSR count). The van der Waals surface area contributed by atoms with Crippen molar-refractivity contribution in [2.45, 2.75) is 20.8 Å². The summed E-state index contributed by atoms with van der Waals surface area (Å²) in [6.45, 7) is 2.09. The molecule has 0 atom stereocenters. The number of aryl methyl sites for hydroxylation is 1. The van der Waals surface area contributed by atoms with Gasteiger partial charge in [0.15, 0.2) is 0 Å². The van der Waals surface area contributed by atoms with Crippen LogP contribution in [0.4, 0.5) is 0 Å². The van der Waals surface area contributed by atoms with Crippen LogP contribution >= 0.6 is 11.6 Å². The lowest BCUT2D eigenvalue weighted by atomic mass is 10.2. The van der Waals surface area contributed by atoms with Crippen LogP contribution in [0.15, 0.2) is 18.3 Å². The predicted molar refractivity (Wildman–Crippen MR) is 45.4 cm³/mol. The zero-order valence-corrected chi connectivity index (χ0v) is 6.02. The van der Waals surface area contributed by atoms with Gasteiger partial charge in [0.25, 0.3) is 0 Å². The molecule has 0 aliphatic rings. The second-order valence-corrected chi connectivity index (χ2v) is 2.23. The van der Waals surface area contributed by atoms with Crippen LogP contribution in [0.1, 0.15) is 19.9 Å². The number of rotatable bonds is 1. The van der Waals surface area contributed by atoms with E-state index < -0.39 is 0 Å². The van der Waals surface area contributed by atoms with E-state index in [9.17, 15) is 0 Å². The molecule has 0 radical (unpaired) electrons. The van der Waals surface area contributed by atoms with Gasteiger partial charge >= 0.3 is 0 Å². The maximum Gasteiger partial charge on any atom is 0.129 e. The molecule has 0 unspecified atom stereocenters. The van der Waals surface area contributed by atoms with Crippen molar-refractivity contribution in [3.8, 4) is 0 Å². The Kier molecular flexibility index (Phi) is 4.05. The van der Waals surface area contributed by atoms with Crippen LogP contribution in [0.2, 0.25) is 5.15 Å². The van der Waals surface area contributed by atoms with Crippen LogP contribution in [0.3, 0.4) is 0 Å². The monoisotopic (exact) mass is 157 g/mol. The van der Waals surface area contributed by atoms with Crippen molar-refractivity contribution in [1.29, 1.82) is 0 Å². The van der Waals surface area contributed by atoms with Crippen molar-refractivity contribution in [1.82, 2.24) is 4.98 Å². The highest BCUT2D eigenvalue weighted by atomic mass is 35.5. The Balaban J connectivity index is 0.000000810. The third-order valence-corrected chi connectivity index (χ3v) is 1.42. The summed E-state index contributed by atoms with van der Waals surface area (Å²) in [7, 11) is 0. The van der Waals surface area contributed by atoms with Gasteiger partial charge in [-0.15, -0.1) is 0 Å². The minimum Gasteiger partial charge on any atom is -0.244 e. The standard InChI is InChI=1S/C7H8ClN.CH4/c1-2-6-3-4-7(8)9-5-6;/h3-5H,2H2,1H3;1H4. The molecule has 1 aromatic rings. The van der Waals surface area contributed by atoms with Gasteiger partial charge in [-0.3, -0.25) is 0 Å². The highest BCUT2D eigenvalue weighted by Crippen LogP contribution is 2.04. The van der Waals surface area contributed by atoms with Gasteiger partial charge in [0.1, 0.15) is 5.15 Å². The number of halogens is 1. The molecule has 56 valence electrons. The van der Waals surface area contributed by atoms with Gasteiger partial charge in [-0.1, -0.05) is 32.0 Å². The average molecular weight is 158 g/mol. The van der Waals surface area contributed by atoms with Crippen molar-refractivity contribution < 1.29 is 0 Å². The maximum absolute atomic E-state index is 5.56. The van der Waals surface area contributed by atoms with E-state index in [1.807, 2.05) is 6.07 Å². The maximum atomic E-state index is 5.56. The number of nitrogens with zero attached hydrogens (tertiary/aromatic N) is 1. The largest absolute Gasteiger partial charge is 0.244 e. The molecular formula is C8H12ClN. The fourth-order valence-electron chi connectivity index (χ4n) is 0.616. The molecule has 0 saturated heterocycles. The van der Waals surface area contributed by atoms with Gasteiger partial charge < -0.3 is 0 Å². The Morgan fingerprint density at radius 3 is 2.60 bits per heavy atom. The summed E-state index contributed by atoms with van der Waals surface area (Å²) < 4.78 is 0. The van der Waals surface area contributed by atoms with Gasteiger partial charge in [0, 0.05) is 6.20 Å². The zero-order valence-electron chi connectivity index (χ0n) is 5.26. The van der Waals surface area contributed by atoms with E-state index in [-0.39, 0.29) is 7.43 Å². The first-order valence-corrected chi connectivity index (χ1v) is 3.31. The van der Waals surface area contributed by atoms with Gasteiger partial charge in [-0.2, -0.15) is 0 Å². The van der Waals surface area contributed by atoms with E-state index in [1.165, 1.54) is 5.56 Å². The van der Waals surface area contributed by atoms with Crippen LogP contribution < -0.4 is 0 Å². The van der Waals surface area contributed by atoms with Gasteiger partial charge in [0.05, 0.1) is 0 Å². The highest BCUT2D eigenvalue weighted by Gasteiger charge is 1.87. The molecule has 0 aromatic carbocycles. The van der Waals surface area contributed by atoms with Crippen molar-refractivity contribution in [3.05, 3.63) is 29.0 Å². The fraction of sp³-hybridized carbons (Fsp3) is 0.375. The third-order valence-electron chi connectivity index (χ3n) is 1.20. The van der Waals surface area contributed by atoms with Crippen molar-refractivity contribution in [2.75, 3.05) is 0 Å². The number of aromatic nitrogens is 1. The Bertz CT molecular complexity index is 181. The quantitative estimate of drug-likeness (QED) is 0.572. The van der Waals surface area contributed by atoms with Crippen LogP contribution in [0, 0.1) is 0 Å². The lowest BCUT2D eigenvalue weighted by Gasteiger charge is -1.92. The predicted octanol–water partition coefficient (Wildman–Crippen LogP) is 2.93. The highest BCUT2D eigenvalue weighted by molar-refractivity contribution is 6.29. The Labute approximate surface area is 67.1 Å². The van der Waals surface area contributed by atoms with E-state index in [0.29, 0.717) is 5.15 Å². The molecule has 0 amide bonds. The number of hydrogen-bond donors (Lipinski definition) is 0. The lowest BCUT2D eigenvalue weighted by molar-refractivity contribution is 1.10. The van der Waals surface area contributed by atoms with Gasteiger partial charge in [-0.25, -0.2) is 4.98 Å². The minimum absolute atomic E-state index is 0. The SMILES string of the molecule is C.CCc1ccc(Cl)nc1. The minimum atomic E-state index is 0. The van der Waals surface area contributed by atoms with Crippen molar-refractivity contribution in [3.63, 3.8) is 0 Å².